The van der Waals surface area contributed by atoms with Gasteiger partial charge in [0.2, 0.25) is 0 Å². The number of benzene rings is 2. The Bertz CT molecular complexity index is 714. The van der Waals surface area contributed by atoms with Gasteiger partial charge in [0.15, 0.2) is 6.54 Å². The fraction of sp³-hybridized carbons (Fsp3) is 0.316. The van der Waals surface area contributed by atoms with E-state index in [9.17, 15) is 4.79 Å². The molecule has 3 N–H and O–H groups in total. The van der Waals surface area contributed by atoms with Gasteiger partial charge in [0.25, 0.3) is 5.91 Å². The zero-order valence-electron chi connectivity index (χ0n) is 13.3. The monoisotopic (exact) mass is 329 g/mol. The second kappa shape index (κ2) is 7.16. The summed E-state index contributed by atoms with van der Waals surface area (Å²) in [6.07, 6.45) is 3.50. The van der Waals surface area contributed by atoms with Crippen molar-refractivity contribution < 1.29 is 10.1 Å². The molecule has 0 saturated carbocycles. The van der Waals surface area contributed by atoms with Gasteiger partial charge >= 0.3 is 0 Å². The van der Waals surface area contributed by atoms with Crippen molar-refractivity contribution in [3.05, 3.63) is 64.2 Å². The second-order valence-electron chi connectivity index (χ2n) is 6.14. The number of amides is 1. The van der Waals surface area contributed by atoms with Crippen LogP contribution in [0.5, 0.6) is 0 Å². The molecule has 1 aliphatic rings. The average Bonchev–Trinajstić information content (AvgIpc) is 3.01. The highest BCUT2D eigenvalue weighted by Crippen LogP contribution is 2.24. The van der Waals surface area contributed by atoms with E-state index in [-0.39, 0.29) is 11.9 Å². The molecule has 2 aromatic carbocycles. The molecular weight excluding hydrogens is 308 g/mol. The number of fused-ring (bicyclic) bond motifs is 1. The highest BCUT2D eigenvalue weighted by molar-refractivity contribution is 6.31. The summed E-state index contributed by atoms with van der Waals surface area (Å²) in [5.41, 5.74) is 4.74. The van der Waals surface area contributed by atoms with Gasteiger partial charge in [-0.2, -0.15) is 0 Å². The minimum absolute atomic E-state index is 0.0156. The molecule has 0 bridgehead atoms. The van der Waals surface area contributed by atoms with E-state index in [0.29, 0.717) is 6.54 Å². The fourth-order valence-corrected chi connectivity index (χ4v) is 3.42. The van der Waals surface area contributed by atoms with Crippen LogP contribution < -0.4 is 10.6 Å². The SMILES string of the molecule is C[C@@H]([NH2+]CC(=O)Nc1ccc2c(c1)CCC2)c1ccccc1Cl. The topological polar surface area (TPSA) is 45.7 Å². The van der Waals surface area contributed by atoms with Gasteiger partial charge in [-0.3, -0.25) is 4.79 Å². The third-order valence-electron chi connectivity index (χ3n) is 4.43. The minimum atomic E-state index is 0.0156. The number of hydrogen-bond acceptors (Lipinski definition) is 1. The Morgan fingerprint density at radius 2 is 2.00 bits per heavy atom. The number of rotatable bonds is 5. The van der Waals surface area contributed by atoms with Gasteiger partial charge in [0, 0.05) is 16.3 Å². The minimum Gasteiger partial charge on any atom is -0.332 e. The van der Waals surface area contributed by atoms with Crippen LogP contribution >= 0.6 is 11.6 Å². The predicted molar refractivity (Wildman–Crippen MR) is 93.8 cm³/mol. The number of nitrogens with one attached hydrogen (secondary N) is 1. The molecule has 4 heteroatoms. The second-order valence-corrected chi connectivity index (χ2v) is 6.54. The van der Waals surface area contributed by atoms with Crippen LogP contribution in [0.1, 0.15) is 36.1 Å². The van der Waals surface area contributed by atoms with E-state index in [1.165, 1.54) is 17.5 Å². The molecule has 0 saturated heterocycles. The Morgan fingerprint density at radius 3 is 2.83 bits per heavy atom. The Balaban J connectivity index is 1.54. The number of anilines is 1. The molecule has 1 aliphatic carbocycles. The van der Waals surface area contributed by atoms with Crippen molar-refractivity contribution in [3.8, 4) is 0 Å². The van der Waals surface area contributed by atoms with Gasteiger partial charge in [-0.25, -0.2) is 0 Å². The molecule has 0 spiro atoms. The molecular formula is C19H22ClN2O+. The lowest BCUT2D eigenvalue weighted by Gasteiger charge is -2.13. The molecule has 0 aliphatic heterocycles. The summed E-state index contributed by atoms with van der Waals surface area (Å²) in [6, 6.07) is 14.2. The number of quaternary nitrogens is 1. The summed E-state index contributed by atoms with van der Waals surface area (Å²) < 4.78 is 0. The first-order chi connectivity index (χ1) is 11.1. The molecule has 0 fully saturated rings. The van der Waals surface area contributed by atoms with Crippen LogP contribution in [-0.2, 0) is 17.6 Å². The summed E-state index contributed by atoms with van der Waals surface area (Å²) in [5.74, 6) is 0.0156. The van der Waals surface area contributed by atoms with Crippen LogP contribution in [0.4, 0.5) is 5.69 Å². The normalized spacial score (nSPS) is 14.3. The van der Waals surface area contributed by atoms with Crippen LogP contribution in [0.2, 0.25) is 5.02 Å². The standard InChI is InChI=1S/C19H21ClN2O/c1-13(17-7-2-3-8-18(17)20)21-12-19(23)22-16-10-9-14-5-4-6-15(14)11-16/h2-3,7-11,13,21H,4-6,12H2,1H3,(H,22,23)/p+1/t13-/m1/s1. The van der Waals surface area contributed by atoms with Crippen LogP contribution in [0.25, 0.3) is 0 Å². The largest absolute Gasteiger partial charge is 0.332 e. The lowest BCUT2D eigenvalue weighted by atomic mass is 10.1. The van der Waals surface area contributed by atoms with E-state index < -0.39 is 0 Å². The Labute approximate surface area is 142 Å². The summed E-state index contributed by atoms with van der Waals surface area (Å²) in [6.45, 7) is 2.44. The van der Waals surface area contributed by atoms with Gasteiger partial charge in [-0.05, 0) is 55.5 Å². The van der Waals surface area contributed by atoms with E-state index in [0.717, 1.165) is 29.1 Å². The van der Waals surface area contributed by atoms with Crippen molar-refractivity contribution in [3.63, 3.8) is 0 Å². The Hall–Kier alpha value is -1.84. The van der Waals surface area contributed by atoms with Crippen LogP contribution in [0, 0.1) is 0 Å². The summed E-state index contributed by atoms with van der Waals surface area (Å²) >= 11 is 6.20. The van der Waals surface area contributed by atoms with Crippen LogP contribution in [0.3, 0.4) is 0 Å². The highest BCUT2D eigenvalue weighted by atomic mass is 35.5. The third-order valence-corrected chi connectivity index (χ3v) is 4.78. The molecule has 3 nitrogen and oxygen atoms in total. The fourth-order valence-electron chi connectivity index (χ4n) is 3.12. The molecule has 0 aromatic heterocycles. The zero-order valence-corrected chi connectivity index (χ0v) is 14.1. The number of carbonyl (C=O) groups is 1. The Morgan fingerprint density at radius 1 is 1.22 bits per heavy atom. The number of hydrogen-bond donors (Lipinski definition) is 2. The zero-order chi connectivity index (χ0) is 16.2. The molecule has 3 rings (SSSR count). The van der Waals surface area contributed by atoms with E-state index in [4.69, 9.17) is 11.6 Å². The number of nitrogens with two attached hydrogens (primary N) is 1. The van der Waals surface area contributed by atoms with Crippen molar-refractivity contribution in [2.24, 2.45) is 0 Å². The lowest BCUT2D eigenvalue weighted by molar-refractivity contribution is -0.682. The summed E-state index contributed by atoms with van der Waals surface area (Å²) in [5, 5.41) is 5.74. The maximum absolute atomic E-state index is 12.2. The van der Waals surface area contributed by atoms with Crippen molar-refractivity contribution in [1.29, 1.82) is 0 Å². The smallest absolute Gasteiger partial charge is 0.279 e. The van der Waals surface area contributed by atoms with E-state index in [1.807, 2.05) is 35.6 Å². The van der Waals surface area contributed by atoms with E-state index in [1.54, 1.807) is 0 Å². The van der Waals surface area contributed by atoms with Crippen LogP contribution in [0.15, 0.2) is 42.5 Å². The quantitative estimate of drug-likeness (QED) is 0.870. The molecule has 1 amide bonds. The van der Waals surface area contributed by atoms with Gasteiger partial charge in [0.1, 0.15) is 6.04 Å². The van der Waals surface area contributed by atoms with Gasteiger partial charge < -0.3 is 10.6 Å². The van der Waals surface area contributed by atoms with E-state index in [2.05, 4.69) is 24.4 Å². The van der Waals surface area contributed by atoms with Crippen LogP contribution in [-0.4, -0.2) is 12.5 Å². The third kappa shape index (κ3) is 3.92. The van der Waals surface area contributed by atoms with Gasteiger partial charge in [-0.1, -0.05) is 35.9 Å². The first kappa shape index (κ1) is 16.0. The van der Waals surface area contributed by atoms with Crippen molar-refractivity contribution >= 4 is 23.2 Å². The highest BCUT2D eigenvalue weighted by Gasteiger charge is 2.15. The molecule has 0 unspecified atom stereocenters. The maximum atomic E-state index is 12.2. The van der Waals surface area contributed by atoms with Crippen molar-refractivity contribution in [2.45, 2.75) is 32.2 Å². The van der Waals surface area contributed by atoms with Crippen molar-refractivity contribution in [1.82, 2.24) is 0 Å². The number of aryl methyl sites for hydroxylation is 2. The lowest BCUT2D eigenvalue weighted by Crippen LogP contribution is -2.86. The van der Waals surface area contributed by atoms with E-state index >= 15 is 0 Å². The van der Waals surface area contributed by atoms with Gasteiger partial charge in [-0.15, -0.1) is 0 Å². The molecule has 23 heavy (non-hydrogen) atoms. The average molecular weight is 330 g/mol. The number of halogens is 1. The summed E-state index contributed by atoms with van der Waals surface area (Å²) in [4.78, 5) is 12.2. The first-order valence-electron chi connectivity index (χ1n) is 8.13. The molecule has 120 valence electrons. The molecule has 0 heterocycles. The molecule has 1 atom stereocenters. The number of carbonyl (C=O) groups excluding carboxylic acids is 1. The summed E-state index contributed by atoms with van der Waals surface area (Å²) in [7, 11) is 0. The maximum Gasteiger partial charge on any atom is 0.279 e. The Kier molecular flexibility index (Phi) is 4.99. The molecule has 0 radical (unpaired) electrons. The predicted octanol–water partition coefficient (Wildman–Crippen LogP) is 3.09. The van der Waals surface area contributed by atoms with Crippen molar-refractivity contribution in [2.75, 3.05) is 11.9 Å². The molecule has 2 aromatic rings. The first-order valence-corrected chi connectivity index (χ1v) is 8.50. The van der Waals surface area contributed by atoms with Gasteiger partial charge in [0.05, 0.1) is 0 Å².